The van der Waals surface area contributed by atoms with E-state index >= 15 is 0 Å². The minimum absolute atomic E-state index is 0.493. The van der Waals surface area contributed by atoms with Gasteiger partial charge in [-0.15, -0.1) is 0 Å². The van der Waals surface area contributed by atoms with Crippen molar-refractivity contribution in [3.63, 3.8) is 0 Å². The molecule has 2 aromatic rings. The molecule has 18 heavy (non-hydrogen) atoms. The van der Waals surface area contributed by atoms with Crippen LogP contribution in [0.25, 0.3) is 11.5 Å². The predicted octanol–water partition coefficient (Wildman–Crippen LogP) is 2.41. The zero-order valence-corrected chi connectivity index (χ0v) is 11.0. The molecule has 0 radical (unpaired) electrons. The molecule has 96 valence electrons. The highest BCUT2D eigenvalue weighted by atomic mass is 16.5. The van der Waals surface area contributed by atoms with Crippen molar-refractivity contribution in [3.05, 3.63) is 29.8 Å². The second-order valence-electron chi connectivity index (χ2n) is 4.47. The fourth-order valence-corrected chi connectivity index (χ4v) is 1.79. The van der Waals surface area contributed by atoms with E-state index in [1.54, 1.807) is 6.20 Å². The molecule has 0 saturated heterocycles. The number of nitrogens with zero attached hydrogens (tertiary/aromatic N) is 3. The van der Waals surface area contributed by atoms with Gasteiger partial charge < -0.3 is 10.3 Å². The van der Waals surface area contributed by atoms with Gasteiger partial charge in [0.05, 0.1) is 5.54 Å². The fraction of sp³-hybridized carbons (Fsp3) is 0.462. The van der Waals surface area contributed by atoms with Gasteiger partial charge in [-0.2, -0.15) is 4.98 Å². The second-order valence-corrected chi connectivity index (χ2v) is 4.47. The first-order valence-electron chi connectivity index (χ1n) is 6.15. The summed E-state index contributed by atoms with van der Waals surface area (Å²) in [6.45, 7) is 5.97. The quantitative estimate of drug-likeness (QED) is 0.896. The van der Waals surface area contributed by atoms with Gasteiger partial charge in [-0.3, -0.25) is 4.98 Å². The summed E-state index contributed by atoms with van der Waals surface area (Å²) >= 11 is 0. The summed E-state index contributed by atoms with van der Waals surface area (Å²) in [7, 11) is 0. The van der Waals surface area contributed by atoms with Gasteiger partial charge in [0, 0.05) is 17.5 Å². The van der Waals surface area contributed by atoms with Gasteiger partial charge in [0.1, 0.15) is 0 Å². The molecule has 2 N–H and O–H groups in total. The lowest BCUT2D eigenvalue weighted by atomic mass is 9.93. The average Bonchev–Trinajstić information content (AvgIpc) is 2.88. The Kier molecular flexibility index (Phi) is 3.43. The van der Waals surface area contributed by atoms with Gasteiger partial charge in [0.25, 0.3) is 5.89 Å². The Morgan fingerprint density at radius 3 is 2.67 bits per heavy atom. The van der Waals surface area contributed by atoms with Gasteiger partial charge in [-0.1, -0.05) is 19.0 Å². The summed E-state index contributed by atoms with van der Waals surface area (Å²) < 4.78 is 5.29. The summed E-state index contributed by atoms with van der Waals surface area (Å²) in [5.41, 5.74) is 7.52. The molecule has 0 unspecified atom stereocenters. The molecule has 5 heteroatoms. The third-order valence-electron chi connectivity index (χ3n) is 3.28. The summed E-state index contributed by atoms with van der Waals surface area (Å²) in [5.74, 6) is 1.06. The number of pyridine rings is 1. The van der Waals surface area contributed by atoms with E-state index in [2.05, 4.69) is 15.1 Å². The van der Waals surface area contributed by atoms with E-state index in [1.807, 2.05) is 32.9 Å². The van der Waals surface area contributed by atoms with E-state index in [0.717, 1.165) is 24.1 Å². The van der Waals surface area contributed by atoms with Crippen molar-refractivity contribution in [2.24, 2.45) is 5.73 Å². The Morgan fingerprint density at radius 2 is 2.06 bits per heavy atom. The Morgan fingerprint density at radius 1 is 1.33 bits per heavy atom. The van der Waals surface area contributed by atoms with Crippen molar-refractivity contribution in [2.45, 2.75) is 39.2 Å². The Bertz CT molecular complexity index is 531. The lowest BCUT2D eigenvalue weighted by Gasteiger charge is -2.21. The molecule has 2 rings (SSSR count). The van der Waals surface area contributed by atoms with Crippen LogP contribution in [0, 0.1) is 6.92 Å². The zero-order chi connectivity index (χ0) is 13.2. The maximum absolute atomic E-state index is 6.24. The van der Waals surface area contributed by atoms with E-state index in [-0.39, 0.29) is 0 Å². The van der Waals surface area contributed by atoms with E-state index in [4.69, 9.17) is 10.3 Å². The topological polar surface area (TPSA) is 77.8 Å². The number of hydrogen-bond donors (Lipinski definition) is 1. The molecule has 0 aliphatic carbocycles. The summed E-state index contributed by atoms with van der Waals surface area (Å²) in [5, 5.41) is 4.00. The highest BCUT2D eigenvalue weighted by Crippen LogP contribution is 2.25. The standard InChI is InChI=1S/C13H18N4O/c1-4-13(14,5-2)12-16-11(18-17-12)10-6-7-15-9(3)8-10/h6-8H,4-5,14H2,1-3H3. The van der Waals surface area contributed by atoms with Crippen LogP contribution in [0.15, 0.2) is 22.9 Å². The molecule has 5 nitrogen and oxygen atoms in total. The Hall–Kier alpha value is -1.75. The SMILES string of the molecule is CCC(N)(CC)c1noc(-c2ccnc(C)c2)n1. The number of nitrogens with two attached hydrogens (primary N) is 1. The van der Waals surface area contributed by atoms with Crippen molar-refractivity contribution in [2.75, 3.05) is 0 Å². The first-order valence-corrected chi connectivity index (χ1v) is 6.15. The van der Waals surface area contributed by atoms with Gasteiger partial charge in [0.2, 0.25) is 0 Å². The van der Waals surface area contributed by atoms with Crippen LogP contribution in [0.1, 0.15) is 38.2 Å². The van der Waals surface area contributed by atoms with Crippen molar-refractivity contribution in [3.8, 4) is 11.5 Å². The molecule has 0 aromatic carbocycles. The van der Waals surface area contributed by atoms with E-state index in [1.165, 1.54) is 0 Å². The third-order valence-corrected chi connectivity index (χ3v) is 3.28. The summed E-state index contributed by atoms with van der Waals surface area (Å²) in [6, 6.07) is 3.76. The van der Waals surface area contributed by atoms with Crippen LogP contribution in [0.3, 0.4) is 0 Å². The third kappa shape index (κ3) is 2.26. The lowest BCUT2D eigenvalue weighted by Crippen LogP contribution is -2.36. The number of aromatic nitrogens is 3. The van der Waals surface area contributed by atoms with Crippen LogP contribution in [0.5, 0.6) is 0 Å². The molecule has 0 fully saturated rings. The van der Waals surface area contributed by atoms with Crippen LogP contribution < -0.4 is 5.73 Å². The first-order chi connectivity index (χ1) is 8.59. The fourth-order valence-electron chi connectivity index (χ4n) is 1.79. The molecular formula is C13H18N4O. The number of rotatable bonds is 4. The molecular weight excluding hydrogens is 228 g/mol. The zero-order valence-electron chi connectivity index (χ0n) is 11.0. The highest BCUT2D eigenvalue weighted by Gasteiger charge is 2.29. The molecule has 2 heterocycles. The van der Waals surface area contributed by atoms with Crippen molar-refractivity contribution < 1.29 is 4.52 Å². The molecule has 0 amide bonds. The smallest absolute Gasteiger partial charge is 0.258 e. The van der Waals surface area contributed by atoms with Crippen LogP contribution in [-0.2, 0) is 5.54 Å². The number of hydrogen-bond acceptors (Lipinski definition) is 5. The van der Waals surface area contributed by atoms with Gasteiger partial charge >= 0.3 is 0 Å². The molecule has 0 bridgehead atoms. The minimum atomic E-state index is -0.510. The number of aryl methyl sites for hydroxylation is 1. The molecule has 0 aliphatic heterocycles. The first kappa shape index (κ1) is 12.7. The van der Waals surface area contributed by atoms with Gasteiger partial charge in [0.15, 0.2) is 5.82 Å². The largest absolute Gasteiger partial charge is 0.334 e. The Labute approximate surface area is 106 Å². The monoisotopic (exact) mass is 246 g/mol. The van der Waals surface area contributed by atoms with E-state index in [9.17, 15) is 0 Å². The predicted molar refractivity (Wildman–Crippen MR) is 68.7 cm³/mol. The molecule has 2 aromatic heterocycles. The summed E-state index contributed by atoms with van der Waals surface area (Å²) in [4.78, 5) is 8.54. The van der Waals surface area contributed by atoms with Crippen molar-refractivity contribution >= 4 is 0 Å². The maximum Gasteiger partial charge on any atom is 0.258 e. The molecule has 0 atom stereocenters. The van der Waals surface area contributed by atoms with Crippen LogP contribution >= 0.6 is 0 Å². The molecule has 0 aliphatic rings. The van der Waals surface area contributed by atoms with Gasteiger partial charge in [-0.25, -0.2) is 0 Å². The second kappa shape index (κ2) is 4.86. The molecule has 0 spiro atoms. The van der Waals surface area contributed by atoms with Crippen molar-refractivity contribution in [1.29, 1.82) is 0 Å². The maximum atomic E-state index is 6.24. The van der Waals surface area contributed by atoms with Crippen LogP contribution in [0.2, 0.25) is 0 Å². The summed E-state index contributed by atoms with van der Waals surface area (Å²) in [6.07, 6.45) is 3.28. The van der Waals surface area contributed by atoms with E-state index < -0.39 is 5.54 Å². The normalized spacial score (nSPS) is 11.8. The highest BCUT2D eigenvalue weighted by molar-refractivity contribution is 5.52. The van der Waals surface area contributed by atoms with Crippen molar-refractivity contribution in [1.82, 2.24) is 15.1 Å². The Balaban J connectivity index is 2.36. The van der Waals surface area contributed by atoms with Crippen LogP contribution in [-0.4, -0.2) is 15.1 Å². The van der Waals surface area contributed by atoms with Gasteiger partial charge in [-0.05, 0) is 31.9 Å². The average molecular weight is 246 g/mol. The lowest BCUT2D eigenvalue weighted by molar-refractivity contribution is 0.350. The molecule has 0 saturated carbocycles. The van der Waals surface area contributed by atoms with E-state index in [0.29, 0.717) is 11.7 Å². The minimum Gasteiger partial charge on any atom is -0.334 e. The van der Waals surface area contributed by atoms with Crippen LogP contribution in [0.4, 0.5) is 0 Å².